The van der Waals surface area contributed by atoms with Gasteiger partial charge in [0.15, 0.2) is 11.7 Å². The highest BCUT2D eigenvalue weighted by molar-refractivity contribution is 5.76. The Labute approximate surface area is 134 Å². The van der Waals surface area contributed by atoms with Gasteiger partial charge in [0.05, 0.1) is 6.20 Å². The molecule has 0 bridgehead atoms. The summed E-state index contributed by atoms with van der Waals surface area (Å²) >= 11 is 0. The van der Waals surface area contributed by atoms with E-state index in [-0.39, 0.29) is 5.91 Å². The van der Waals surface area contributed by atoms with E-state index >= 15 is 0 Å². The van der Waals surface area contributed by atoms with E-state index in [0.717, 1.165) is 16.9 Å². The summed E-state index contributed by atoms with van der Waals surface area (Å²) < 4.78 is 5.68. The van der Waals surface area contributed by atoms with Crippen LogP contribution in [0.2, 0.25) is 0 Å². The number of aromatic nitrogens is 2. The first-order chi connectivity index (χ1) is 11.3. The van der Waals surface area contributed by atoms with E-state index in [1.54, 1.807) is 18.6 Å². The fraction of sp³-hybridized carbons (Fsp3) is 0.167. The van der Waals surface area contributed by atoms with Crippen LogP contribution in [0.5, 0.6) is 0 Å². The molecule has 23 heavy (non-hydrogen) atoms. The van der Waals surface area contributed by atoms with Gasteiger partial charge in [0, 0.05) is 37.3 Å². The van der Waals surface area contributed by atoms with Gasteiger partial charge in [-0.1, -0.05) is 30.3 Å². The molecule has 0 atom stereocenters. The number of amides is 1. The average molecular weight is 307 g/mol. The smallest absolute Gasteiger partial charge is 0.220 e. The highest BCUT2D eigenvalue weighted by atomic mass is 16.4. The van der Waals surface area contributed by atoms with Gasteiger partial charge in [-0.3, -0.25) is 9.78 Å². The van der Waals surface area contributed by atoms with Gasteiger partial charge in [-0.2, -0.15) is 0 Å². The number of oxazole rings is 1. The number of rotatable bonds is 6. The Morgan fingerprint density at radius 2 is 1.87 bits per heavy atom. The molecule has 0 unspecified atom stereocenters. The van der Waals surface area contributed by atoms with E-state index in [4.69, 9.17) is 4.42 Å². The number of aryl methyl sites for hydroxylation is 1. The molecule has 2 heterocycles. The molecule has 0 radical (unpaired) electrons. The summed E-state index contributed by atoms with van der Waals surface area (Å²) in [4.78, 5) is 20.0. The number of nitrogens with zero attached hydrogens (tertiary/aromatic N) is 2. The van der Waals surface area contributed by atoms with E-state index in [9.17, 15) is 4.79 Å². The van der Waals surface area contributed by atoms with Gasteiger partial charge in [0.2, 0.25) is 5.91 Å². The molecule has 2 aromatic heterocycles. The summed E-state index contributed by atoms with van der Waals surface area (Å²) in [5.74, 6) is 1.27. The van der Waals surface area contributed by atoms with E-state index in [0.29, 0.717) is 25.3 Å². The summed E-state index contributed by atoms with van der Waals surface area (Å²) in [7, 11) is 0. The molecule has 0 fully saturated rings. The second-order valence-corrected chi connectivity index (χ2v) is 5.12. The Morgan fingerprint density at radius 1 is 1.09 bits per heavy atom. The van der Waals surface area contributed by atoms with E-state index in [1.807, 2.05) is 42.5 Å². The molecule has 5 heteroatoms. The molecule has 0 saturated heterocycles. The van der Waals surface area contributed by atoms with Crippen LogP contribution in [0, 0.1) is 0 Å². The fourth-order valence-electron chi connectivity index (χ4n) is 2.17. The summed E-state index contributed by atoms with van der Waals surface area (Å²) in [5, 5.41) is 2.87. The zero-order chi connectivity index (χ0) is 15.9. The van der Waals surface area contributed by atoms with Crippen molar-refractivity contribution in [3.63, 3.8) is 0 Å². The van der Waals surface area contributed by atoms with Crippen molar-refractivity contribution in [1.29, 1.82) is 0 Å². The van der Waals surface area contributed by atoms with Gasteiger partial charge in [-0.15, -0.1) is 0 Å². The average Bonchev–Trinajstić information content (AvgIpc) is 3.09. The third-order valence-corrected chi connectivity index (χ3v) is 3.42. The van der Waals surface area contributed by atoms with Crippen molar-refractivity contribution in [2.75, 3.05) is 0 Å². The standard InChI is InChI=1S/C18H17N3O2/c22-17(20-12-14-8-10-19-11-9-14)6-7-18-21-13-16(23-18)15-4-2-1-3-5-15/h1-5,8-11,13H,6-7,12H2,(H,20,22). The summed E-state index contributed by atoms with van der Waals surface area (Å²) in [6, 6.07) is 13.5. The first-order valence-corrected chi connectivity index (χ1v) is 7.47. The van der Waals surface area contributed by atoms with Crippen LogP contribution >= 0.6 is 0 Å². The molecule has 3 aromatic rings. The van der Waals surface area contributed by atoms with Crippen LogP contribution in [0.25, 0.3) is 11.3 Å². The minimum absolute atomic E-state index is 0.0266. The van der Waals surface area contributed by atoms with Crippen LogP contribution < -0.4 is 5.32 Å². The summed E-state index contributed by atoms with van der Waals surface area (Å²) in [5.41, 5.74) is 2.00. The van der Waals surface area contributed by atoms with Gasteiger partial charge in [-0.05, 0) is 17.7 Å². The van der Waals surface area contributed by atoms with Gasteiger partial charge in [-0.25, -0.2) is 4.98 Å². The van der Waals surface area contributed by atoms with Crippen LogP contribution in [-0.4, -0.2) is 15.9 Å². The van der Waals surface area contributed by atoms with Gasteiger partial charge >= 0.3 is 0 Å². The Hall–Kier alpha value is -2.95. The van der Waals surface area contributed by atoms with E-state index in [1.165, 1.54) is 0 Å². The van der Waals surface area contributed by atoms with Crippen LogP contribution in [0.1, 0.15) is 17.9 Å². The molecule has 0 aliphatic heterocycles. The van der Waals surface area contributed by atoms with Gasteiger partial charge in [0.1, 0.15) is 0 Å². The number of benzene rings is 1. The maximum Gasteiger partial charge on any atom is 0.220 e. The number of carbonyl (C=O) groups excluding carboxylic acids is 1. The molecule has 0 aliphatic rings. The maximum atomic E-state index is 11.9. The molecule has 1 aromatic carbocycles. The molecule has 1 amide bonds. The van der Waals surface area contributed by atoms with Crippen molar-refractivity contribution >= 4 is 5.91 Å². The third kappa shape index (κ3) is 4.26. The van der Waals surface area contributed by atoms with Crippen molar-refractivity contribution in [3.8, 4) is 11.3 Å². The molecule has 0 aliphatic carbocycles. The van der Waals surface area contributed by atoms with Crippen molar-refractivity contribution in [2.24, 2.45) is 0 Å². The second-order valence-electron chi connectivity index (χ2n) is 5.12. The molecule has 5 nitrogen and oxygen atoms in total. The highest BCUT2D eigenvalue weighted by Gasteiger charge is 2.08. The monoisotopic (exact) mass is 307 g/mol. The third-order valence-electron chi connectivity index (χ3n) is 3.42. The van der Waals surface area contributed by atoms with Crippen molar-refractivity contribution in [3.05, 3.63) is 72.5 Å². The van der Waals surface area contributed by atoms with E-state index in [2.05, 4.69) is 15.3 Å². The van der Waals surface area contributed by atoms with Crippen LogP contribution in [0.3, 0.4) is 0 Å². The SMILES string of the molecule is O=C(CCc1ncc(-c2ccccc2)o1)NCc1ccncc1. The zero-order valence-electron chi connectivity index (χ0n) is 12.6. The lowest BCUT2D eigenvalue weighted by Crippen LogP contribution is -2.23. The first-order valence-electron chi connectivity index (χ1n) is 7.47. The molecule has 116 valence electrons. The molecule has 0 saturated carbocycles. The quantitative estimate of drug-likeness (QED) is 0.760. The number of hydrogen-bond acceptors (Lipinski definition) is 4. The lowest BCUT2D eigenvalue weighted by atomic mass is 10.2. The van der Waals surface area contributed by atoms with Gasteiger partial charge < -0.3 is 9.73 Å². The van der Waals surface area contributed by atoms with Crippen LogP contribution in [0.15, 0.2) is 65.5 Å². The Kier molecular flexibility index (Phi) is 4.79. The topological polar surface area (TPSA) is 68.0 Å². The predicted octanol–water partition coefficient (Wildman–Crippen LogP) is 2.99. The van der Waals surface area contributed by atoms with Gasteiger partial charge in [0.25, 0.3) is 0 Å². The number of nitrogens with one attached hydrogen (secondary N) is 1. The van der Waals surface area contributed by atoms with Crippen LogP contribution in [0.4, 0.5) is 0 Å². The molecular weight excluding hydrogens is 290 g/mol. The predicted molar refractivity (Wildman–Crippen MR) is 86.3 cm³/mol. The minimum atomic E-state index is -0.0266. The Balaban J connectivity index is 1.49. The maximum absolute atomic E-state index is 11.9. The number of carbonyl (C=O) groups is 1. The molecule has 1 N–H and O–H groups in total. The minimum Gasteiger partial charge on any atom is -0.441 e. The fourth-order valence-corrected chi connectivity index (χ4v) is 2.17. The largest absolute Gasteiger partial charge is 0.441 e. The number of pyridine rings is 1. The van der Waals surface area contributed by atoms with Crippen LogP contribution in [-0.2, 0) is 17.8 Å². The zero-order valence-corrected chi connectivity index (χ0v) is 12.6. The second kappa shape index (κ2) is 7.35. The Bertz CT molecular complexity index is 754. The highest BCUT2D eigenvalue weighted by Crippen LogP contribution is 2.20. The van der Waals surface area contributed by atoms with Crippen molar-refractivity contribution < 1.29 is 9.21 Å². The summed E-state index contributed by atoms with van der Waals surface area (Å²) in [6.07, 6.45) is 5.94. The normalized spacial score (nSPS) is 10.4. The molecule has 3 rings (SSSR count). The van der Waals surface area contributed by atoms with Crippen molar-refractivity contribution in [2.45, 2.75) is 19.4 Å². The molecule has 0 spiro atoms. The first kappa shape index (κ1) is 15.0. The number of hydrogen-bond donors (Lipinski definition) is 1. The van der Waals surface area contributed by atoms with Crippen molar-refractivity contribution in [1.82, 2.24) is 15.3 Å². The lowest BCUT2D eigenvalue weighted by Gasteiger charge is -2.03. The van der Waals surface area contributed by atoms with E-state index < -0.39 is 0 Å². The Morgan fingerprint density at radius 3 is 2.65 bits per heavy atom. The lowest BCUT2D eigenvalue weighted by molar-refractivity contribution is -0.121. The summed E-state index contributed by atoms with van der Waals surface area (Å²) in [6.45, 7) is 0.502. The molecular formula is C18H17N3O2.